The molecule has 0 unspecified atom stereocenters. The van der Waals surface area contributed by atoms with Crippen molar-refractivity contribution in [2.75, 3.05) is 25.1 Å². The molecule has 0 heterocycles. The Morgan fingerprint density at radius 2 is 2.20 bits per heavy atom. The Balaban J connectivity index is 2.65. The molecule has 0 aliphatic carbocycles. The lowest BCUT2D eigenvalue weighted by molar-refractivity contribution is -0.117. The van der Waals surface area contributed by atoms with Gasteiger partial charge in [0.25, 0.3) is 0 Å². The molecule has 0 aromatic heterocycles. The molecule has 0 spiro atoms. The molecule has 0 saturated heterocycles. The van der Waals surface area contributed by atoms with Gasteiger partial charge in [-0.2, -0.15) is 0 Å². The summed E-state index contributed by atoms with van der Waals surface area (Å²) in [5.41, 5.74) is 2.41. The van der Waals surface area contributed by atoms with Crippen molar-refractivity contribution in [1.82, 2.24) is 0 Å². The van der Waals surface area contributed by atoms with Gasteiger partial charge in [-0.15, -0.1) is 0 Å². The van der Waals surface area contributed by atoms with Crippen LogP contribution in [0.5, 0.6) is 0 Å². The molecule has 0 saturated carbocycles. The fourth-order valence-electron chi connectivity index (χ4n) is 1.63. The number of amides is 1. The van der Waals surface area contributed by atoms with E-state index in [9.17, 15) is 4.79 Å². The summed E-state index contributed by atoms with van der Waals surface area (Å²) in [7, 11) is 0. The van der Waals surface area contributed by atoms with Gasteiger partial charge in [-0.1, -0.05) is 24.8 Å². The van der Waals surface area contributed by atoms with Gasteiger partial charge in [0.1, 0.15) is 6.61 Å². The zero-order valence-corrected chi connectivity index (χ0v) is 12.0. The average molecular weight is 275 g/mol. The number of hydrogen-bond donors (Lipinski definition) is 2. The zero-order chi connectivity index (χ0) is 14.8. The van der Waals surface area contributed by atoms with Crippen molar-refractivity contribution in [3.63, 3.8) is 0 Å². The molecule has 4 nitrogen and oxygen atoms in total. The minimum absolute atomic E-state index is 0.0984. The van der Waals surface area contributed by atoms with Gasteiger partial charge in [-0.3, -0.25) is 4.79 Å². The second-order valence-corrected chi connectivity index (χ2v) is 4.42. The maximum Gasteiger partial charge on any atom is 0.226 e. The van der Waals surface area contributed by atoms with Crippen molar-refractivity contribution in [2.45, 2.75) is 26.7 Å². The summed E-state index contributed by atoms with van der Waals surface area (Å²) in [6.45, 7) is 4.86. The molecule has 4 heteroatoms. The smallest absolute Gasteiger partial charge is 0.226 e. The van der Waals surface area contributed by atoms with Gasteiger partial charge >= 0.3 is 0 Å². The number of aryl methyl sites for hydroxylation is 1. The highest BCUT2D eigenvalue weighted by atomic mass is 16.5. The molecule has 1 amide bonds. The van der Waals surface area contributed by atoms with Crippen molar-refractivity contribution >= 4 is 11.6 Å². The number of hydrogen-bond acceptors (Lipinski definition) is 3. The van der Waals surface area contributed by atoms with E-state index in [4.69, 9.17) is 9.84 Å². The molecule has 2 N–H and O–H groups in total. The van der Waals surface area contributed by atoms with Crippen LogP contribution in [0.3, 0.4) is 0 Å². The third-order valence-electron chi connectivity index (χ3n) is 2.57. The molecular weight excluding hydrogens is 254 g/mol. The molecule has 20 heavy (non-hydrogen) atoms. The largest absolute Gasteiger partial charge is 0.384 e. The third-order valence-corrected chi connectivity index (χ3v) is 2.57. The number of ether oxygens (including phenoxy) is 1. The van der Waals surface area contributed by atoms with E-state index < -0.39 is 0 Å². The van der Waals surface area contributed by atoms with Crippen LogP contribution in [0.1, 0.15) is 30.9 Å². The van der Waals surface area contributed by atoms with Crippen LogP contribution < -0.4 is 5.32 Å². The van der Waals surface area contributed by atoms with E-state index in [1.165, 1.54) is 0 Å². The van der Waals surface area contributed by atoms with Gasteiger partial charge in [0.2, 0.25) is 5.91 Å². The number of benzene rings is 1. The third kappa shape index (κ3) is 5.87. The second kappa shape index (κ2) is 9.13. The lowest BCUT2D eigenvalue weighted by Gasteiger charge is -2.09. The summed E-state index contributed by atoms with van der Waals surface area (Å²) in [4.78, 5) is 11.8. The Labute approximate surface area is 120 Å². The van der Waals surface area contributed by atoms with Crippen LogP contribution in [-0.4, -0.2) is 30.8 Å². The highest BCUT2D eigenvalue weighted by Gasteiger charge is 2.06. The first-order chi connectivity index (χ1) is 9.67. The summed E-state index contributed by atoms with van der Waals surface area (Å²) in [6.07, 6.45) is 1.27. The Hall–Kier alpha value is -1.83. The topological polar surface area (TPSA) is 58.6 Å². The van der Waals surface area contributed by atoms with Gasteiger partial charge in [0, 0.05) is 12.2 Å². The molecule has 1 aromatic carbocycles. The molecule has 1 rings (SSSR count). The van der Waals surface area contributed by atoms with Crippen molar-refractivity contribution < 1.29 is 14.6 Å². The Kier molecular flexibility index (Phi) is 7.41. The second-order valence-electron chi connectivity index (χ2n) is 4.42. The number of anilines is 1. The summed E-state index contributed by atoms with van der Waals surface area (Å²) in [5.74, 6) is 5.31. The normalized spacial score (nSPS) is 9.75. The highest BCUT2D eigenvalue weighted by molar-refractivity contribution is 5.92. The first-order valence-corrected chi connectivity index (χ1v) is 6.75. The fraction of sp³-hybridized carbons (Fsp3) is 0.438. The van der Waals surface area contributed by atoms with Crippen molar-refractivity contribution in [1.29, 1.82) is 0 Å². The molecule has 0 aliphatic heterocycles. The highest BCUT2D eigenvalue weighted by Crippen LogP contribution is 2.16. The van der Waals surface area contributed by atoms with E-state index in [1.54, 1.807) is 0 Å². The number of nitrogens with one attached hydrogen (secondary N) is 1. The Morgan fingerprint density at radius 1 is 1.40 bits per heavy atom. The summed E-state index contributed by atoms with van der Waals surface area (Å²) < 4.78 is 5.29. The Bertz CT molecular complexity index is 500. The van der Waals surface area contributed by atoms with Crippen LogP contribution in [0.4, 0.5) is 5.69 Å². The van der Waals surface area contributed by atoms with E-state index in [-0.39, 0.29) is 12.5 Å². The average Bonchev–Trinajstić information content (AvgIpc) is 2.43. The van der Waals surface area contributed by atoms with E-state index >= 15 is 0 Å². The molecule has 0 fully saturated rings. The predicted molar refractivity (Wildman–Crippen MR) is 79.5 cm³/mol. The number of carbonyl (C=O) groups excluding carboxylic acids is 1. The van der Waals surface area contributed by atoms with E-state index in [1.807, 2.05) is 32.0 Å². The molecule has 108 valence electrons. The van der Waals surface area contributed by atoms with E-state index in [0.29, 0.717) is 30.9 Å². The van der Waals surface area contributed by atoms with Crippen molar-refractivity contribution in [3.05, 3.63) is 29.3 Å². The van der Waals surface area contributed by atoms with Gasteiger partial charge in [0.05, 0.1) is 18.7 Å². The lowest BCUT2D eigenvalue weighted by atomic mass is 10.1. The van der Waals surface area contributed by atoms with Crippen LogP contribution in [0.25, 0.3) is 0 Å². The summed E-state index contributed by atoms with van der Waals surface area (Å²) in [6, 6.07) is 5.62. The van der Waals surface area contributed by atoms with Gasteiger partial charge in [-0.25, -0.2) is 0 Å². The minimum atomic E-state index is -0.202. The van der Waals surface area contributed by atoms with Crippen LogP contribution in [0.15, 0.2) is 18.2 Å². The predicted octanol–water partition coefficient (Wildman–Crippen LogP) is 2.09. The van der Waals surface area contributed by atoms with Crippen molar-refractivity contribution in [2.24, 2.45) is 0 Å². The molecule has 0 bridgehead atoms. The standard InChI is InChI=1S/C16H21NO3/c1-3-10-20-11-8-16(19)17-15-12-13(2)6-7-14(15)5-4-9-18/h6-7,12,18H,3,8-11H2,1-2H3,(H,17,19). The number of aliphatic hydroxyl groups excluding tert-OH is 1. The molecule has 0 radical (unpaired) electrons. The van der Waals surface area contributed by atoms with Gasteiger partial charge in [-0.05, 0) is 31.0 Å². The monoisotopic (exact) mass is 275 g/mol. The lowest BCUT2D eigenvalue weighted by Crippen LogP contribution is -2.15. The maximum absolute atomic E-state index is 11.8. The number of aliphatic hydroxyl groups is 1. The number of rotatable bonds is 6. The molecule has 0 aliphatic rings. The minimum Gasteiger partial charge on any atom is -0.384 e. The molecule has 0 atom stereocenters. The van der Waals surface area contributed by atoms with Gasteiger partial charge in [0.15, 0.2) is 0 Å². The van der Waals surface area contributed by atoms with Crippen LogP contribution in [0.2, 0.25) is 0 Å². The van der Waals surface area contributed by atoms with Crippen LogP contribution >= 0.6 is 0 Å². The van der Waals surface area contributed by atoms with Gasteiger partial charge < -0.3 is 15.2 Å². The van der Waals surface area contributed by atoms with Crippen LogP contribution in [0, 0.1) is 18.8 Å². The first kappa shape index (κ1) is 16.2. The zero-order valence-electron chi connectivity index (χ0n) is 12.0. The van der Waals surface area contributed by atoms with Crippen molar-refractivity contribution in [3.8, 4) is 11.8 Å². The molecule has 1 aromatic rings. The maximum atomic E-state index is 11.8. The number of carbonyl (C=O) groups is 1. The quantitative estimate of drug-likeness (QED) is 0.617. The van der Waals surface area contributed by atoms with E-state index in [0.717, 1.165) is 12.0 Å². The van der Waals surface area contributed by atoms with Crippen LogP contribution in [-0.2, 0) is 9.53 Å². The Morgan fingerprint density at radius 3 is 2.90 bits per heavy atom. The fourth-order valence-corrected chi connectivity index (χ4v) is 1.63. The van der Waals surface area contributed by atoms with E-state index in [2.05, 4.69) is 17.2 Å². The summed E-state index contributed by atoms with van der Waals surface area (Å²) >= 11 is 0. The SMILES string of the molecule is CCCOCCC(=O)Nc1cc(C)ccc1C#CCO. The molecular formula is C16H21NO3. The summed E-state index contributed by atoms with van der Waals surface area (Å²) in [5, 5.41) is 11.6. The first-order valence-electron chi connectivity index (χ1n) is 6.75.